The van der Waals surface area contributed by atoms with Crippen LogP contribution < -0.4 is 15.6 Å². The summed E-state index contributed by atoms with van der Waals surface area (Å²) in [5.41, 5.74) is 2.89. The average Bonchev–Trinajstić information content (AvgIpc) is 3.11. The fourth-order valence-corrected chi connectivity index (χ4v) is 3.95. The highest BCUT2D eigenvalue weighted by Gasteiger charge is 2.18. The molecule has 0 saturated heterocycles. The van der Waals surface area contributed by atoms with Crippen molar-refractivity contribution in [1.29, 1.82) is 0 Å². The maximum Gasteiger partial charge on any atom is 0.278 e. The Morgan fingerprint density at radius 1 is 1.38 bits per heavy atom. The lowest BCUT2D eigenvalue weighted by molar-refractivity contribution is -0.118. The molecule has 8 heteroatoms. The van der Waals surface area contributed by atoms with E-state index in [9.17, 15) is 9.59 Å². The molecule has 0 saturated carbocycles. The van der Waals surface area contributed by atoms with Gasteiger partial charge in [-0.15, -0.1) is 0 Å². The van der Waals surface area contributed by atoms with E-state index in [4.69, 9.17) is 4.74 Å². The molecule has 2 heterocycles. The second kappa shape index (κ2) is 9.17. The van der Waals surface area contributed by atoms with E-state index in [1.807, 2.05) is 51.1 Å². The zero-order valence-electron chi connectivity index (χ0n) is 17.1. The Bertz CT molecular complexity index is 1070. The van der Waals surface area contributed by atoms with Gasteiger partial charge in [-0.05, 0) is 44.0 Å². The Morgan fingerprint density at radius 3 is 2.90 bits per heavy atom. The van der Waals surface area contributed by atoms with Gasteiger partial charge in [0.1, 0.15) is 11.3 Å². The predicted octanol–water partition coefficient (Wildman–Crippen LogP) is 3.42. The number of aryl methyl sites for hydroxylation is 1. The van der Waals surface area contributed by atoms with Crippen LogP contribution in [0.3, 0.4) is 0 Å². The van der Waals surface area contributed by atoms with Crippen LogP contribution in [0.5, 0.6) is 5.75 Å². The van der Waals surface area contributed by atoms with Gasteiger partial charge in [0.15, 0.2) is 5.16 Å². The molecule has 0 aliphatic heterocycles. The van der Waals surface area contributed by atoms with E-state index < -0.39 is 0 Å². The minimum Gasteiger partial charge on any atom is -0.497 e. The Morgan fingerprint density at radius 2 is 2.17 bits per heavy atom. The SMILES string of the molecule is CC[C@@H](C)n1c(SCC(=O)NCc2cccc(OC)c2)nc2cc(C)[nH]c2c1=O. The summed E-state index contributed by atoms with van der Waals surface area (Å²) in [7, 11) is 1.61. The molecule has 0 unspecified atom stereocenters. The van der Waals surface area contributed by atoms with Crippen molar-refractivity contribution in [2.24, 2.45) is 0 Å². The van der Waals surface area contributed by atoms with Gasteiger partial charge in [-0.2, -0.15) is 0 Å². The monoisotopic (exact) mass is 414 g/mol. The van der Waals surface area contributed by atoms with Crippen molar-refractivity contribution in [1.82, 2.24) is 19.9 Å². The van der Waals surface area contributed by atoms with E-state index in [1.165, 1.54) is 11.8 Å². The summed E-state index contributed by atoms with van der Waals surface area (Å²) in [6.45, 7) is 6.32. The minimum atomic E-state index is -0.117. The zero-order chi connectivity index (χ0) is 21.0. The molecular formula is C21H26N4O3S. The normalized spacial score (nSPS) is 12.1. The van der Waals surface area contributed by atoms with Crippen molar-refractivity contribution in [3.8, 4) is 5.75 Å². The molecule has 3 rings (SSSR count). The fraction of sp³-hybridized carbons (Fsp3) is 0.381. The highest BCUT2D eigenvalue weighted by molar-refractivity contribution is 7.99. The van der Waals surface area contributed by atoms with Gasteiger partial charge >= 0.3 is 0 Å². The van der Waals surface area contributed by atoms with Crippen LogP contribution in [0.4, 0.5) is 0 Å². The number of rotatable bonds is 8. The minimum absolute atomic E-state index is 0.00893. The van der Waals surface area contributed by atoms with E-state index in [1.54, 1.807) is 11.7 Å². The Hall–Kier alpha value is -2.74. The summed E-state index contributed by atoms with van der Waals surface area (Å²) in [5, 5.41) is 3.46. The molecule has 3 aromatic rings. The molecule has 0 aliphatic rings. The van der Waals surface area contributed by atoms with Crippen LogP contribution in [0.2, 0.25) is 0 Å². The van der Waals surface area contributed by atoms with Crippen LogP contribution in [0.15, 0.2) is 40.3 Å². The van der Waals surface area contributed by atoms with Gasteiger partial charge in [-0.25, -0.2) is 4.98 Å². The zero-order valence-corrected chi connectivity index (χ0v) is 17.9. The molecule has 1 atom stereocenters. The Balaban J connectivity index is 1.73. The Labute approximate surface area is 173 Å². The van der Waals surface area contributed by atoms with E-state index in [0.29, 0.717) is 22.7 Å². The van der Waals surface area contributed by atoms with Gasteiger partial charge in [0.05, 0.1) is 18.4 Å². The number of thioether (sulfide) groups is 1. The number of amides is 1. The lowest BCUT2D eigenvalue weighted by Crippen LogP contribution is -2.28. The van der Waals surface area contributed by atoms with Gasteiger partial charge in [0.2, 0.25) is 5.91 Å². The highest BCUT2D eigenvalue weighted by atomic mass is 32.2. The number of hydrogen-bond acceptors (Lipinski definition) is 5. The first-order chi connectivity index (χ1) is 13.9. The molecule has 1 amide bonds. The molecule has 29 heavy (non-hydrogen) atoms. The summed E-state index contributed by atoms with van der Waals surface area (Å²) >= 11 is 1.28. The summed E-state index contributed by atoms with van der Waals surface area (Å²) in [6, 6.07) is 9.41. The van der Waals surface area contributed by atoms with Gasteiger partial charge in [-0.1, -0.05) is 30.8 Å². The molecule has 154 valence electrons. The number of aromatic nitrogens is 3. The van der Waals surface area contributed by atoms with Gasteiger partial charge in [-0.3, -0.25) is 14.2 Å². The predicted molar refractivity (Wildman–Crippen MR) is 116 cm³/mol. The smallest absolute Gasteiger partial charge is 0.278 e. The maximum absolute atomic E-state index is 12.9. The summed E-state index contributed by atoms with van der Waals surface area (Å²) in [5.74, 6) is 0.818. The van der Waals surface area contributed by atoms with E-state index in [0.717, 1.165) is 23.4 Å². The van der Waals surface area contributed by atoms with Crippen LogP contribution in [-0.2, 0) is 11.3 Å². The third-order valence-electron chi connectivity index (χ3n) is 4.77. The number of benzene rings is 1. The van der Waals surface area contributed by atoms with Crippen LogP contribution >= 0.6 is 11.8 Å². The molecule has 0 radical (unpaired) electrons. The number of nitrogens with zero attached hydrogens (tertiary/aromatic N) is 2. The number of carbonyl (C=O) groups excluding carboxylic acids is 1. The van der Waals surface area contributed by atoms with E-state index >= 15 is 0 Å². The molecule has 1 aromatic carbocycles. The van der Waals surface area contributed by atoms with Crippen molar-refractivity contribution in [2.75, 3.05) is 12.9 Å². The summed E-state index contributed by atoms with van der Waals surface area (Å²) in [4.78, 5) is 33.0. The van der Waals surface area contributed by atoms with Gasteiger partial charge in [0, 0.05) is 18.3 Å². The molecule has 0 bridgehead atoms. The van der Waals surface area contributed by atoms with Crippen LogP contribution in [-0.4, -0.2) is 33.3 Å². The second-order valence-electron chi connectivity index (χ2n) is 6.96. The van der Waals surface area contributed by atoms with Crippen molar-refractivity contribution in [3.63, 3.8) is 0 Å². The fourth-order valence-electron chi connectivity index (χ4n) is 3.03. The molecule has 7 nitrogen and oxygen atoms in total. The first kappa shape index (κ1) is 21.0. The first-order valence-corrected chi connectivity index (χ1v) is 10.6. The molecule has 2 aromatic heterocycles. The number of carbonyl (C=O) groups is 1. The van der Waals surface area contributed by atoms with Crippen molar-refractivity contribution in [3.05, 3.63) is 51.9 Å². The van der Waals surface area contributed by atoms with Crippen molar-refractivity contribution in [2.45, 2.75) is 44.9 Å². The molecule has 0 aliphatic carbocycles. The van der Waals surface area contributed by atoms with Crippen LogP contribution in [0.1, 0.15) is 37.6 Å². The number of hydrogen-bond donors (Lipinski definition) is 2. The quantitative estimate of drug-likeness (QED) is 0.435. The van der Waals surface area contributed by atoms with Crippen LogP contribution in [0, 0.1) is 6.92 Å². The lowest BCUT2D eigenvalue weighted by atomic mass is 10.2. The maximum atomic E-state index is 12.9. The number of aromatic amines is 1. The number of nitrogens with one attached hydrogen (secondary N) is 2. The lowest BCUT2D eigenvalue weighted by Gasteiger charge is -2.17. The second-order valence-corrected chi connectivity index (χ2v) is 7.90. The summed E-state index contributed by atoms with van der Waals surface area (Å²) < 4.78 is 6.88. The average molecular weight is 415 g/mol. The molecular weight excluding hydrogens is 388 g/mol. The topological polar surface area (TPSA) is 89.0 Å². The number of fused-ring (bicyclic) bond motifs is 1. The van der Waals surface area contributed by atoms with Gasteiger partial charge in [0.25, 0.3) is 5.56 Å². The third kappa shape index (κ3) is 4.82. The number of H-pyrrole nitrogens is 1. The Kier molecular flexibility index (Phi) is 6.64. The molecule has 2 N–H and O–H groups in total. The van der Waals surface area contributed by atoms with Crippen LogP contribution in [0.25, 0.3) is 11.0 Å². The highest BCUT2D eigenvalue weighted by Crippen LogP contribution is 2.22. The van der Waals surface area contributed by atoms with E-state index in [-0.39, 0.29) is 23.3 Å². The largest absolute Gasteiger partial charge is 0.497 e. The molecule has 0 spiro atoms. The van der Waals surface area contributed by atoms with E-state index in [2.05, 4.69) is 15.3 Å². The van der Waals surface area contributed by atoms with Gasteiger partial charge < -0.3 is 15.0 Å². The van der Waals surface area contributed by atoms with Crippen molar-refractivity contribution < 1.29 is 9.53 Å². The number of ether oxygens (including phenoxy) is 1. The summed E-state index contributed by atoms with van der Waals surface area (Å²) in [6.07, 6.45) is 0.794. The first-order valence-electron chi connectivity index (χ1n) is 9.57. The van der Waals surface area contributed by atoms with Crippen molar-refractivity contribution >= 4 is 28.7 Å². The number of methoxy groups -OCH3 is 1. The molecule has 0 fully saturated rings. The third-order valence-corrected chi connectivity index (χ3v) is 5.73. The standard InChI is InChI=1S/C21H26N4O3S/c1-5-14(3)25-20(27)19-17(9-13(2)23-19)24-21(25)29-12-18(26)22-11-15-7-6-8-16(10-15)28-4/h6-10,14,23H,5,11-12H2,1-4H3,(H,22,26)/t14-/m1/s1.